The maximum Gasteiger partial charge on any atom is 0.149 e. The van der Waals surface area contributed by atoms with E-state index in [4.69, 9.17) is 5.73 Å². The predicted molar refractivity (Wildman–Crippen MR) is 44.8 cm³/mol. The summed E-state index contributed by atoms with van der Waals surface area (Å²) in [5.41, 5.74) is 4.89. The van der Waals surface area contributed by atoms with E-state index in [1.807, 2.05) is 0 Å². The van der Waals surface area contributed by atoms with Crippen LogP contribution in [-0.2, 0) is 4.79 Å². The van der Waals surface area contributed by atoms with Crippen molar-refractivity contribution in [2.75, 3.05) is 5.73 Å². The van der Waals surface area contributed by atoms with Gasteiger partial charge in [0.1, 0.15) is 11.6 Å². The molecule has 0 saturated heterocycles. The lowest BCUT2D eigenvalue weighted by atomic mass is 10.1. The Bertz CT molecular complexity index is 402. The fraction of sp³-hybridized carbons (Fsp3) is 0. The number of hydrogen-bond acceptors (Lipinski definition) is 3. The maximum absolute atomic E-state index is 12.8. The molecule has 0 heterocycles. The summed E-state index contributed by atoms with van der Waals surface area (Å²) in [7, 11) is 0. The second kappa shape index (κ2) is 3.87. The summed E-state index contributed by atoms with van der Waals surface area (Å²) in [5.74, 6) is -3.22. The molecule has 5 heteroatoms. The topological polar surface area (TPSA) is 66.2 Å². The summed E-state index contributed by atoms with van der Waals surface area (Å²) in [6, 6.07) is 1.55. The van der Waals surface area contributed by atoms with Gasteiger partial charge in [-0.25, -0.2) is 8.78 Å². The molecule has 0 radical (unpaired) electrons. The molecule has 0 unspecified atom stereocenters. The molecule has 3 nitrogen and oxygen atoms in total. The molecule has 2 N–H and O–H groups in total. The smallest absolute Gasteiger partial charge is 0.149 e. The number of carbonyl (C=O) groups excluding carboxylic acids is 1. The second-order valence-corrected chi connectivity index (χ2v) is 2.54. The monoisotopic (exact) mass is 198 g/mol. The van der Waals surface area contributed by atoms with E-state index in [1.54, 1.807) is 0 Å². The number of carboxylic acids is 1. The van der Waals surface area contributed by atoms with E-state index < -0.39 is 17.6 Å². The van der Waals surface area contributed by atoms with Crippen molar-refractivity contribution in [2.24, 2.45) is 0 Å². The van der Waals surface area contributed by atoms with Crippen LogP contribution in [0.15, 0.2) is 18.2 Å². The van der Waals surface area contributed by atoms with Gasteiger partial charge in [-0.15, -0.1) is 0 Å². The van der Waals surface area contributed by atoms with Crippen molar-refractivity contribution in [1.29, 1.82) is 0 Å². The number of hydrogen-bond donors (Lipinski definition) is 1. The van der Waals surface area contributed by atoms with E-state index in [9.17, 15) is 18.7 Å². The highest BCUT2D eigenvalue weighted by atomic mass is 19.1. The van der Waals surface area contributed by atoms with Crippen LogP contribution in [0.25, 0.3) is 6.08 Å². The third-order valence-corrected chi connectivity index (χ3v) is 1.53. The van der Waals surface area contributed by atoms with Gasteiger partial charge < -0.3 is 15.6 Å². The van der Waals surface area contributed by atoms with Crippen molar-refractivity contribution in [3.05, 3.63) is 35.4 Å². The number of carbonyl (C=O) groups is 1. The Morgan fingerprint density at radius 1 is 1.43 bits per heavy atom. The molecular formula is C9H6F2NO2-. The van der Waals surface area contributed by atoms with Gasteiger partial charge in [-0.3, -0.25) is 0 Å². The van der Waals surface area contributed by atoms with Gasteiger partial charge in [-0.05, 0) is 12.1 Å². The number of nitrogens with two attached hydrogens (primary N) is 1. The van der Waals surface area contributed by atoms with Crippen LogP contribution in [0.5, 0.6) is 0 Å². The lowest BCUT2D eigenvalue weighted by molar-refractivity contribution is -0.297. The number of carboxylic acid groups (broad SMARTS) is 1. The van der Waals surface area contributed by atoms with Crippen LogP contribution >= 0.6 is 0 Å². The summed E-state index contributed by atoms with van der Waals surface area (Å²) >= 11 is 0. The predicted octanol–water partition coefficient (Wildman–Crippen LogP) is 0.310. The van der Waals surface area contributed by atoms with Gasteiger partial charge in [0.2, 0.25) is 0 Å². The normalized spacial score (nSPS) is 10.7. The summed E-state index contributed by atoms with van der Waals surface area (Å²) in [6.45, 7) is 0. The van der Waals surface area contributed by atoms with Crippen molar-refractivity contribution in [3.8, 4) is 0 Å². The van der Waals surface area contributed by atoms with Gasteiger partial charge in [-0.1, -0.05) is 6.08 Å². The minimum atomic E-state index is -1.46. The molecule has 0 bridgehead atoms. The minimum absolute atomic E-state index is 0.0355. The average Bonchev–Trinajstić information content (AvgIpc) is 2.08. The van der Waals surface area contributed by atoms with E-state index >= 15 is 0 Å². The first-order valence-corrected chi connectivity index (χ1v) is 3.64. The number of nitrogen functional groups attached to an aromatic ring is 1. The van der Waals surface area contributed by atoms with Crippen LogP contribution < -0.4 is 10.8 Å². The molecule has 0 saturated carbocycles. The molecule has 0 amide bonds. The van der Waals surface area contributed by atoms with Crippen molar-refractivity contribution < 1.29 is 18.7 Å². The van der Waals surface area contributed by atoms with Crippen molar-refractivity contribution in [3.63, 3.8) is 0 Å². The highest BCUT2D eigenvalue weighted by Crippen LogP contribution is 2.19. The Balaban J connectivity index is 3.14. The van der Waals surface area contributed by atoms with Crippen molar-refractivity contribution in [2.45, 2.75) is 0 Å². The Morgan fingerprint density at radius 2 is 2.07 bits per heavy atom. The van der Waals surface area contributed by atoms with Crippen molar-refractivity contribution in [1.82, 2.24) is 0 Å². The van der Waals surface area contributed by atoms with E-state index in [1.165, 1.54) is 0 Å². The van der Waals surface area contributed by atoms with E-state index in [0.717, 1.165) is 12.1 Å². The number of halogens is 2. The summed E-state index contributed by atoms with van der Waals surface area (Å²) < 4.78 is 25.4. The number of aliphatic carboxylic acids is 1. The van der Waals surface area contributed by atoms with Gasteiger partial charge >= 0.3 is 0 Å². The lowest BCUT2D eigenvalue weighted by Crippen LogP contribution is -2.18. The molecule has 0 fully saturated rings. The molecular weight excluding hydrogens is 192 g/mol. The van der Waals surface area contributed by atoms with Crippen LogP contribution in [-0.4, -0.2) is 5.97 Å². The second-order valence-electron chi connectivity index (χ2n) is 2.54. The molecule has 0 aliphatic carbocycles. The highest BCUT2D eigenvalue weighted by molar-refractivity contribution is 5.85. The summed E-state index contributed by atoms with van der Waals surface area (Å²) in [6.07, 6.45) is 1.61. The van der Waals surface area contributed by atoms with E-state index in [0.29, 0.717) is 12.1 Å². The van der Waals surface area contributed by atoms with Gasteiger partial charge in [0.15, 0.2) is 0 Å². The number of rotatable bonds is 2. The Labute approximate surface area is 78.5 Å². The Kier molecular flexibility index (Phi) is 2.81. The summed E-state index contributed by atoms with van der Waals surface area (Å²) in [4.78, 5) is 10.0. The molecule has 0 aliphatic heterocycles. The third kappa shape index (κ3) is 2.29. The zero-order chi connectivity index (χ0) is 10.7. The largest absolute Gasteiger partial charge is 0.545 e. The number of benzene rings is 1. The first-order chi connectivity index (χ1) is 6.50. The standard InChI is InChI=1S/C9H7F2NO2/c10-6-3-5(1-2-8(13)14)9(12)7(11)4-6/h1-4H,12H2,(H,13,14)/p-1/b2-1+. The minimum Gasteiger partial charge on any atom is -0.545 e. The van der Waals surface area contributed by atoms with Crippen molar-refractivity contribution >= 4 is 17.7 Å². The Morgan fingerprint density at radius 3 is 2.64 bits per heavy atom. The molecule has 14 heavy (non-hydrogen) atoms. The average molecular weight is 198 g/mol. The quantitative estimate of drug-likeness (QED) is 0.549. The van der Waals surface area contributed by atoms with Crippen LogP contribution in [0.1, 0.15) is 5.56 Å². The summed E-state index contributed by atoms with van der Waals surface area (Å²) in [5, 5.41) is 10.0. The van der Waals surface area contributed by atoms with Crippen LogP contribution in [0.3, 0.4) is 0 Å². The molecule has 1 rings (SSSR count). The molecule has 74 valence electrons. The van der Waals surface area contributed by atoms with Gasteiger partial charge in [0, 0.05) is 11.6 Å². The number of anilines is 1. The first-order valence-electron chi connectivity index (χ1n) is 3.64. The highest BCUT2D eigenvalue weighted by Gasteiger charge is 2.05. The van der Waals surface area contributed by atoms with Gasteiger partial charge in [0.25, 0.3) is 0 Å². The van der Waals surface area contributed by atoms with E-state index in [2.05, 4.69) is 0 Å². The van der Waals surface area contributed by atoms with Crippen LogP contribution in [0.4, 0.5) is 14.5 Å². The maximum atomic E-state index is 12.8. The molecule has 0 atom stereocenters. The fourth-order valence-corrected chi connectivity index (χ4v) is 0.900. The molecule has 0 aliphatic rings. The molecule has 1 aromatic carbocycles. The van der Waals surface area contributed by atoms with Gasteiger partial charge in [-0.2, -0.15) is 0 Å². The Hall–Kier alpha value is -1.91. The molecule has 0 spiro atoms. The zero-order valence-electron chi connectivity index (χ0n) is 6.96. The molecule has 1 aromatic rings. The van der Waals surface area contributed by atoms with Crippen LogP contribution in [0.2, 0.25) is 0 Å². The lowest BCUT2D eigenvalue weighted by Gasteiger charge is -2.02. The third-order valence-electron chi connectivity index (χ3n) is 1.53. The molecule has 0 aromatic heterocycles. The SMILES string of the molecule is Nc1c(F)cc(F)cc1/C=C/C(=O)[O-]. The fourth-order valence-electron chi connectivity index (χ4n) is 0.900. The first kappa shape index (κ1) is 10.2. The zero-order valence-corrected chi connectivity index (χ0v) is 6.96. The van der Waals surface area contributed by atoms with E-state index in [-0.39, 0.29) is 11.3 Å². The van der Waals surface area contributed by atoms with Gasteiger partial charge in [0.05, 0.1) is 11.7 Å². The van der Waals surface area contributed by atoms with Crippen LogP contribution in [0, 0.1) is 11.6 Å².